The van der Waals surface area contributed by atoms with Gasteiger partial charge >= 0.3 is 11.9 Å². The van der Waals surface area contributed by atoms with Crippen molar-refractivity contribution in [3.05, 3.63) is 96.1 Å². The van der Waals surface area contributed by atoms with E-state index in [2.05, 4.69) is 20.4 Å². The predicted octanol–water partition coefficient (Wildman–Crippen LogP) is 5.23. The highest BCUT2D eigenvalue weighted by molar-refractivity contribution is 5.86. The van der Waals surface area contributed by atoms with E-state index >= 15 is 0 Å². The molecular weight excluding hydrogens is 480 g/mol. The van der Waals surface area contributed by atoms with Crippen molar-refractivity contribution in [2.45, 2.75) is 12.8 Å². The molecule has 0 spiro atoms. The third kappa shape index (κ3) is 4.97. The highest BCUT2D eigenvalue weighted by atomic mass is 16.5. The maximum absolute atomic E-state index is 12.3. The lowest BCUT2D eigenvalue weighted by Crippen LogP contribution is -2.06. The van der Waals surface area contributed by atoms with Gasteiger partial charge in [-0.1, -0.05) is 78.9 Å². The van der Waals surface area contributed by atoms with E-state index in [1.54, 1.807) is 0 Å². The number of carbonyl (C=O) groups is 2. The monoisotopic (exact) mass is 506 g/mol. The average Bonchev–Trinajstić information content (AvgIpc) is 3.58. The van der Waals surface area contributed by atoms with E-state index < -0.39 is 0 Å². The van der Waals surface area contributed by atoms with Crippen molar-refractivity contribution in [3.8, 4) is 45.0 Å². The van der Waals surface area contributed by atoms with Crippen LogP contribution in [0.15, 0.2) is 84.9 Å². The van der Waals surface area contributed by atoms with Gasteiger partial charge < -0.3 is 9.47 Å². The van der Waals surface area contributed by atoms with Gasteiger partial charge in [0.2, 0.25) is 0 Å². The number of aromatic amines is 2. The van der Waals surface area contributed by atoms with Gasteiger partial charge in [0.25, 0.3) is 0 Å². The number of carbonyl (C=O) groups excluding carboxylic acids is 2. The fraction of sp³-hybridized carbons (Fsp3) is 0.133. The number of aromatic nitrogens is 4. The lowest BCUT2D eigenvalue weighted by Gasteiger charge is -2.08. The second-order valence-corrected chi connectivity index (χ2v) is 8.67. The lowest BCUT2D eigenvalue weighted by atomic mass is 9.95. The Hall–Kier alpha value is -4.98. The lowest BCUT2D eigenvalue weighted by molar-refractivity contribution is -0.140. The summed E-state index contributed by atoms with van der Waals surface area (Å²) in [5.41, 5.74) is 7.71. The minimum atomic E-state index is -0.360. The Bertz CT molecular complexity index is 1460. The Morgan fingerprint density at radius 2 is 1.00 bits per heavy atom. The van der Waals surface area contributed by atoms with Crippen LogP contribution in [0.25, 0.3) is 45.0 Å². The zero-order valence-corrected chi connectivity index (χ0v) is 21.0. The first kappa shape index (κ1) is 24.7. The van der Waals surface area contributed by atoms with E-state index in [0.29, 0.717) is 11.4 Å². The van der Waals surface area contributed by atoms with Crippen LogP contribution in [-0.4, -0.2) is 46.6 Å². The summed E-state index contributed by atoms with van der Waals surface area (Å²) in [6.45, 7) is 0. The third-order valence-corrected chi connectivity index (χ3v) is 6.37. The Kier molecular flexibility index (Phi) is 7.13. The molecular formula is C30H26N4O4. The van der Waals surface area contributed by atoms with Crippen LogP contribution in [0.5, 0.6) is 0 Å². The molecule has 8 heteroatoms. The van der Waals surface area contributed by atoms with Gasteiger partial charge in [-0.15, -0.1) is 0 Å². The van der Waals surface area contributed by atoms with Crippen molar-refractivity contribution in [2.24, 2.45) is 0 Å². The molecule has 2 aromatic heterocycles. The first-order valence-electron chi connectivity index (χ1n) is 12.1. The van der Waals surface area contributed by atoms with Gasteiger partial charge in [0, 0.05) is 22.3 Å². The Labute approximate surface area is 219 Å². The van der Waals surface area contributed by atoms with Gasteiger partial charge in [-0.3, -0.25) is 19.8 Å². The van der Waals surface area contributed by atoms with Gasteiger partial charge in [0.15, 0.2) is 0 Å². The maximum Gasteiger partial charge on any atom is 0.310 e. The van der Waals surface area contributed by atoms with Crippen LogP contribution >= 0.6 is 0 Å². The first-order valence-corrected chi connectivity index (χ1v) is 12.1. The molecule has 5 aromatic rings. The number of ether oxygens (including phenoxy) is 2. The first-order chi connectivity index (χ1) is 18.6. The maximum atomic E-state index is 12.3. The van der Waals surface area contributed by atoms with Crippen LogP contribution in [0.3, 0.4) is 0 Å². The van der Waals surface area contributed by atoms with Gasteiger partial charge in [0.05, 0.1) is 49.8 Å². The van der Waals surface area contributed by atoms with Crippen LogP contribution in [-0.2, 0) is 31.9 Å². The fourth-order valence-electron chi connectivity index (χ4n) is 4.49. The number of methoxy groups -OCH3 is 2. The molecule has 8 nitrogen and oxygen atoms in total. The van der Waals surface area contributed by atoms with Crippen LogP contribution < -0.4 is 0 Å². The summed E-state index contributed by atoms with van der Waals surface area (Å²) < 4.78 is 9.94. The fourth-order valence-corrected chi connectivity index (χ4v) is 4.49. The molecule has 2 N–H and O–H groups in total. The second-order valence-electron chi connectivity index (χ2n) is 8.67. The molecule has 0 bridgehead atoms. The number of nitrogens with one attached hydrogen (secondary N) is 2. The molecule has 0 fully saturated rings. The molecule has 0 radical (unpaired) electrons. The largest absolute Gasteiger partial charge is 0.469 e. The van der Waals surface area contributed by atoms with E-state index in [9.17, 15) is 9.59 Å². The van der Waals surface area contributed by atoms with E-state index in [1.165, 1.54) is 14.2 Å². The number of hydrogen-bond acceptors (Lipinski definition) is 6. The summed E-state index contributed by atoms with van der Waals surface area (Å²) in [5, 5.41) is 15.4. The van der Waals surface area contributed by atoms with E-state index in [0.717, 1.165) is 44.8 Å². The normalized spacial score (nSPS) is 10.8. The minimum Gasteiger partial charge on any atom is -0.469 e. The summed E-state index contributed by atoms with van der Waals surface area (Å²) in [6, 6.07) is 27.2. The Morgan fingerprint density at radius 1 is 0.605 bits per heavy atom. The summed E-state index contributed by atoms with van der Waals surface area (Å²) in [7, 11) is 2.74. The van der Waals surface area contributed by atoms with Crippen LogP contribution in [0, 0.1) is 0 Å². The minimum absolute atomic E-state index is 0.0605. The molecule has 0 saturated carbocycles. The molecule has 0 aliphatic heterocycles. The number of hydrogen-bond donors (Lipinski definition) is 2. The second kappa shape index (κ2) is 11.0. The van der Waals surface area contributed by atoms with Gasteiger partial charge in [-0.05, 0) is 17.2 Å². The highest BCUT2D eigenvalue weighted by Crippen LogP contribution is 2.35. The highest BCUT2D eigenvalue weighted by Gasteiger charge is 2.22. The van der Waals surface area contributed by atoms with Gasteiger partial charge in [0.1, 0.15) is 0 Å². The summed E-state index contributed by atoms with van der Waals surface area (Å²) in [4.78, 5) is 24.7. The molecule has 0 aliphatic carbocycles. The van der Waals surface area contributed by atoms with Crippen molar-refractivity contribution >= 4 is 11.9 Å². The number of rotatable bonds is 8. The topological polar surface area (TPSA) is 110 Å². The SMILES string of the molecule is COC(=O)Cc1c(-c2cccc(-c3n[nH]c(-c4ccccc4)c3CC(=O)OC)c2)n[nH]c1-c1ccccc1. The van der Waals surface area contributed by atoms with Crippen LogP contribution in [0.2, 0.25) is 0 Å². The molecule has 0 saturated heterocycles. The van der Waals surface area contributed by atoms with E-state index in [1.807, 2.05) is 84.9 Å². The molecule has 3 aromatic carbocycles. The van der Waals surface area contributed by atoms with E-state index in [4.69, 9.17) is 9.47 Å². The predicted molar refractivity (Wildman–Crippen MR) is 144 cm³/mol. The standard InChI is InChI=1S/C30H26N4O4/c1-37-25(35)17-23-27(19-10-5-3-6-11-19)31-33-29(23)21-14-9-15-22(16-21)30-24(18-26(36)38-2)28(32-34-30)20-12-7-4-8-13-20/h3-16H,17-18H2,1-2H3,(H,31,33)(H,32,34). The average molecular weight is 507 g/mol. The summed E-state index contributed by atoms with van der Waals surface area (Å²) >= 11 is 0. The molecule has 0 atom stereocenters. The summed E-state index contributed by atoms with van der Waals surface area (Å²) in [5.74, 6) is -0.720. The van der Waals surface area contributed by atoms with Crippen molar-refractivity contribution in [3.63, 3.8) is 0 Å². The zero-order chi connectivity index (χ0) is 26.5. The van der Waals surface area contributed by atoms with Gasteiger partial charge in [-0.2, -0.15) is 10.2 Å². The molecule has 38 heavy (non-hydrogen) atoms. The molecule has 0 unspecified atom stereocenters. The Morgan fingerprint density at radius 3 is 1.39 bits per heavy atom. The van der Waals surface area contributed by atoms with Crippen molar-refractivity contribution in [2.75, 3.05) is 14.2 Å². The molecule has 190 valence electrons. The number of H-pyrrole nitrogens is 2. The number of nitrogens with zero attached hydrogens (tertiary/aromatic N) is 2. The van der Waals surface area contributed by atoms with E-state index in [-0.39, 0.29) is 24.8 Å². The molecule has 5 rings (SSSR count). The van der Waals surface area contributed by atoms with Crippen LogP contribution in [0.1, 0.15) is 11.1 Å². The van der Waals surface area contributed by atoms with Gasteiger partial charge in [-0.25, -0.2) is 0 Å². The van der Waals surface area contributed by atoms with Crippen molar-refractivity contribution in [1.29, 1.82) is 0 Å². The Balaban J connectivity index is 1.61. The van der Waals surface area contributed by atoms with Crippen molar-refractivity contribution < 1.29 is 19.1 Å². The van der Waals surface area contributed by atoms with Crippen molar-refractivity contribution in [1.82, 2.24) is 20.4 Å². The summed E-state index contributed by atoms with van der Waals surface area (Å²) in [6.07, 6.45) is 0.121. The molecule has 0 amide bonds. The quantitative estimate of drug-likeness (QED) is 0.279. The number of esters is 2. The van der Waals surface area contributed by atoms with Crippen LogP contribution in [0.4, 0.5) is 0 Å². The smallest absolute Gasteiger partial charge is 0.310 e. The molecule has 0 aliphatic rings. The zero-order valence-electron chi connectivity index (χ0n) is 21.0. The molecule has 2 heterocycles. The third-order valence-electron chi connectivity index (χ3n) is 6.37. The number of benzene rings is 3.